The zero-order valence-electron chi connectivity index (χ0n) is 67.8. The number of para-hydroxylation sites is 8. The van der Waals surface area contributed by atoms with Crippen molar-refractivity contribution in [2.24, 2.45) is 0 Å². The van der Waals surface area contributed by atoms with Gasteiger partial charge in [-0.25, -0.2) is 0 Å². The van der Waals surface area contributed by atoms with Gasteiger partial charge in [0.25, 0.3) is 0 Å². The zero-order chi connectivity index (χ0) is 81.9. The Kier molecular flexibility index (Phi) is 15.9. The van der Waals surface area contributed by atoms with Gasteiger partial charge in [0, 0.05) is 130 Å². The van der Waals surface area contributed by atoms with Crippen LogP contribution in [0.15, 0.2) is 449 Å². The fourth-order valence-corrected chi connectivity index (χ4v) is 22.3. The predicted molar refractivity (Wildman–Crippen MR) is 534 cm³/mol. The maximum absolute atomic E-state index is 2.49. The van der Waals surface area contributed by atoms with Crippen molar-refractivity contribution >= 4 is 205 Å². The molecule has 0 unspecified atom stereocenters. The molecule has 582 valence electrons. The highest BCUT2D eigenvalue weighted by atomic mass is 32.1. The van der Waals surface area contributed by atoms with Crippen molar-refractivity contribution in [1.29, 1.82) is 0 Å². The van der Waals surface area contributed by atoms with Crippen LogP contribution < -0.4 is 0 Å². The topological polar surface area (TPSA) is 29.6 Å². The van der Waals surface area contributed by atoms with E-state index in [-0.39, 0.29) is 0 Å². The van der Waals surface area contributed by atoms with Gasteiger partial charge in [-0.15, -0.1) is 11.3 Å². The number of fused-ring (bicyclic) bond motifs is 32. The van der Waals surface area contributed by atoms with Crippen LogP contribution in [0.5, 0.6) is 0 Å². The third kappa shape index (κ3) is 10.7. The first-order valence-corrected chi connectivity index (χ1v) is 43.8. The van der Waals surface area contributed by atoms with E-state index in [1.165, 1.54) is 234 Å². The van der Waals surface area contributed by atoms with Crippen LogP contribution >= 0.6 is 11.3 Å². The van der Waals surface area contributed by atoms with Crippen molar-refractivity contribution in [2.75, 3.05) is 0 Å². The lowest BCUT2D eigenvalue weighted by Crippen LogP contribution is -1.96. The summed E-state index contributed by atoms with van der Waals surface area (Å²) in [5, 5.41) is 28.3. The summed E-state index contributed by atoms with van der Waals surface area (Å²) in [5.41, 5.74) is 24.4. The molecule has 7 heterocycles. The standard InChI is InChI=1S/C46H28N2S.C38H24N2.C34H22N2/c1-2-12-31(13-3-1)48-41-28-27-40-43(44(41)38-26-23-29-11-4-5-14-33(29)45(38)48)37-16-6-8-19-39(37)47(40)32-24-21-30(22-25-32)34-17-10-18-36-35-15-7-9-20-42(35)49-46(34)36;1-3-14-26(15-4-1)39-32-22-12-11-21-31(32)36-37(39)30-20-10-9-19-29(30)35-34-28-18-8-7-13-25(28)23-24-33(34)40(38(35)36)27-16-5-2-6-17-27;1-3-12-24(13-4-1)35-30-18-10-9-17-27(30)28-21-33-29(22-32(28)35)34-26-16-8-7-11-23(26)19-20-31(34)36(33)25-14-5-2-6-15-25/h1-28H;1-24H;1-22H. The number of nitrogens with zero attached hydrogens (tertiary/aromatic N) is 6. The van der Waals surface area contributed by atoms with Crippen molar-refractivity contribution in [3.8, 4) is 45.3 Å². The van der Waals surface area contributed by atoms with E-state index in [1.807, 2.05) is 11.3 Å². The molecule has 0 saturated heterocycles. The van der Waals surface area contributed by atoms with E-state index < -0.39 is 0 Å². The van der Waals surface area contributed by atoms with Crippen LogP contribution in [0, 0.1) is 0 Å². The zero-order valence-corrected chi connectivity index (χ0v) is 68.6. The molecule has 0 bridgehead atoms. The summed E-state index contributed by atoms with van der Waals surface area (Å²) < 4.78 is 17.4. The Morgan fingerprint density at radius 2 is 0.512 bits per heavy atom. The predicted octanol–water partition coefficient (Wildman–Crippen LogP) is 32.3. The minimum Gasteiger partial charge on any atom is -0.309 e. The average Bonchev–Trinajstić information content (AvgIpc) is 1.56. The van der Waals surface area contributed by atoms with Gasteiger partial charge in [0.15, 0.2) is 0 Å². The molecule has 7 heteroatoms. The lowest BCUT2D eigenvalue weighted by molar-refractivity contribution is 1.17. The van der Waals surface area contributed by atoms with E-state index >= 15 is 0 Å². The summed E-state index contributed by atoms with van der Waals surface area (Å²) in [5.74, 6) is 0. The highest BCUT2D eigenvalue weighted by Crippen LogP contribution is 2.51. The maximum atomic E-state index is 2.49. The van der Waals surface area contributed by atoms with E-state index in [4.69, 9.17) is 0 Å². The largest absolute Gasteiger partial charge is 0.309 e. The minimum atomic E-state index is 1.16. The summed E-state index contributed by atoms with van der Waals surface area (Å²) in [6, 6.07) is 163. The molecule has 0 radical (unpaired) electrons. The fraction of sp³-hybridized carbons (Fsp3) is 0. The molecular formula is C118H74N6S. The quantitative estimate of drug-likeness (QED) is 0.152. The van der Waals surface area contributed by atoms with Gasteiger partial charge in [-0.3, -0.25) is 0 Å². The van der Waals surface area contributed by atoms with Gasteiger partial charge >= 0.3 is 0 Å². The van der Waals surface area contributed by atoms with Crippen LogP contribution in [0.3, 0.4) is 0 Å². The molecule has 7 aromatic heterocycles. The summed E-state index contributed by atoms with van der Waals surface area (Å²) >= 11 is 1.88. The molecular weight excluding hydrogens is 1530 g/mol. The number of benzene rings is 21. The summed E-state index contributed by atoms with van der Waals surface area (Å²) in [7, 11) is 0. The first-order valence-electron chi connectivity index (χ1n) is 43.0. The second kappa shape index (κ2) is 28.1. The molecule has 0 atom stereocenters. The molecule has 0 aliphatic carbocycles. The normalized spacial score (nSPS) is 12.0. The first-order chi connectivity index (χ1) is 62.1. The Labute approximate surface area is 721 Å². The van der Waals surface area contributed by atoms with Crippen LogP contribution in [-0.2, 0) is 0 Å². The van der Waals surface area contributed by atoms with Crippen LogP contribution in [0.1, 0.15) is 0 Å². The molecule has 125 heavy (non-hydrogen) atoms. The fourth-order valence-electron chi connectivity index (χ4n) is 21.1. The van der Waals surface area contributed by atoms with Gasteiger partial charge in [0.2, 0.25) is 0 Å². The van der Waals surface area contributed by atoms with Crippen LogP contribution in [-0.4, -0.2) is 27.4 Å². The number of hydrogen-bond donors (Lipinski definition) is 0. The van der Waals surface area contributed by atoms with Gasteiger partial charge < -0.3 is 27.4 Å². The molecule has 28 rings (SSSR count). The molecule has 6 nitrogen and oxygen atoms in total. The summed E-state index contributed by atoms with van der Waals surface area (Å²) in [4.78, 5) is 0. The molecule has 0 spiro atoms. The summed E-state index contributed by atoms with van der Waals surface area (Å²) in [6.07, 6.45) is 0. The Balaban J connectivity index is 0.000000101. The lowest BCUT2D eigenvalue weighted by Gasteiger charge is -2.12. The molecule has 0 saturated carbocycles. The minimum absolute atomic E-state index is 1.16. The van der Waals surface area contributed by atoms with Crippen molar-refractivity contribution < 1.29 is 0 Å². The van der Waals surface area contributed by atoms with E-state index in [2.05, 4.69) is 476 Å². The smallest absolute Gasteiger partial charge is 0.0648 e. The van der Waals surface area contributed by atoms with Crippen molar-refractivity contribution in [2.45, 2.75) is 0 Å². The Hall–Kier alpha value is -16.3. The molecule has 0 amide bonds. The van der Waals surface area contributed by atoms with Crippen LogP contribution in [0.4, 0.5) is 0 Å². The van der Waals surface area contributed by atoms with Gasteiger partial charge in [0.05, 0.1) is 66.2 Å². The number of hydrogen-bond acceptors (Lipinski definition) is 1. The van der Waals surface area contributed by atoms with E-state index in [0.29, 0.717) is 0 Å². The van der Waals surface area contributed by atoms with Crippen molar-refractivity contribution in [3.05, 3.63) is 449 Å². The van der Waals surface area contributed by atoms with E-state index in [0.717, 1.165) is 5.69 Å². The second-order valence-electron chi connectivity index (χ2n) is 32.8. The van der Waals surface area contributed by atoms with Crippen molar-refractivity contribution in [1.82, 2.24) is 27.4 Å². The van der Waals surface area contributed by atoms with Gasteiger partial charge in [-0.1, -0.05) is 315 Å². The average molecular weight is 1610 g/mol. The molecule has 0 N–H and O–H groups in total. The van der Waals surface area contributed by atoms with Crippen molar-refractivity contribution in [3.63, 3.8) is 0 Å². The highest BCUT2D eigenvalue weighted by molar-refractivity contribution is 7.26. The van der Waals surface area contributed by atoms with Crippen LogP contribution in [0.2, 0.25) is 0 Å². The Bertz CT molecular complexity index is 9270. The molecule has 0 aliphatic rings. The number of thiophene rings is 1. The lowest BCUT2D eigenvalue weighted by atomic mass is 9.97. The highest BCUT2D eigenvalue weighted by Gasteiger charge is 2.28. The van der Waals surface area contributed by atoms with Gasteiger partial charge in [-0.05, 0) is 177 Å². The van der Waals surface area contributed by atoms with E-state index in [9.17, 15) is 0 Å². The van der Waals surface area contributed by atoms with E-state index in [1.54, 1.807) is 0 Å². The first kappa shape index (κ1) is 70.5. The Morgan fingerprint density at radius 1 is 0.152 bits per heavy atom. The Morgan fingerprint density at radius 3 is 1.11 bits per heavy atom. The molecule has 28 aromatic rings. The third-order valence-electron chi connectivity index (χ3n) is 26.2. The maximum Gasteiger partial charge on any atom is 0.0648 e. The monoisotopic (exact) mass is 1610 g/mol. The van der Waals surface area contributed by atoms with Gasteiger partial charge in [-0.2, -0.15) is 0 Å². The summed E-state index contributed by atoms with van der Waals surface area (Å²) in [6.45, 7) is 0. The molecule has 0 aliphatic heterocycles. The van der Waals surface area contributed by atoms with Crippen LogP contribution in [0.25, 0.3) is 239 Å². The molecule has 0 fully saturated rings. The third-order valence-corrected chi connectivity index (χ3v) is 27.5. The second-order valence-corrected chi connectivity index (χ2v) is 33.9. The number of rotatable bonds is 7. The number of aromatic nitrogens is 6. The SMILES string of the molecule is c1ccc(-n2c3ccc4c(c5ccccc5n4-c4ccc(-c5cccc6c5sc5ccccc56)cc4)c3c3ccc4ccccc4c32)cc1.c1ccc(-n2c3ccccc3c3c2c2ccccc2c2c4c5ccccc5ccc4n(-c4ccccc4)c23)cc1.c1ccc(-n2c3ccccc3c3cc4c(cc32)c2c3ccccc3ccc2n4-c2ccccc2)cc1. The molecule has 21 aromatic carbocycles. The van der Waals surface area contributed by atoms with Gasteiger partial charge in [0.1, 0.15) is 0 Å².